The summed E-state index contributed by atoms with van der Waals surface area (Å²) in [7, 11) is 0. The van der Waals surface area contributed by atoms with Crippen LogP contribution in [0.4, 0.5) is 0 Å². The zero-order valence-electron chi connectivity index (χ0n) is 23.0. The van der Waals surface area contributed by atoms with Gasteiger partial charge in [0.05, 0.1) is 17.4 Å². The maximum absolute atomic E-state index is 12.8. The number of rotatable bonds is 15. The molecule has 37 heavy (non-hydrogen) atoms. The zero-order chi connectivity index (χ0) is 26.3. The molecule has 200 valence electrons. The fraction of sp³-hybridized carbons (Fsp3) is 0.625. The fourth-order valence-corrected chi connectivity index (χ4v) is 5.33. The average Bonchev–Trinajstić information content (AvgIpc) is 2.94. The monoisotopic (exact) mass is 503 g/mol. The van der Waals surface area contributed by atoms with Crippen molar-refractivity contribution in [2.24, 2.45) is 11.3 Å². The largest absolute Gasteiger partial charge is 0.426 e. The Kier molecular flexibility index (Phi) is 12.1. The lowest BCUT2D eigenvalue weighted by atomic mass is 9.69. The predicted octanol–water partition coefficient (Wildman–Crippen LogP) is 8.62. The lowest BCUT2D eigenvalue weighted by molar-refractivity contribution is -0.140. The number of aromatic nitrogens is 2. The number of benzene rings is 1. The molecule has 1 aromatic carbocycles. The summed E-state index contributed by atoms with van der Waals surface area (Å²) in [5, 5.41) is 9.83. The van der Waals surface area contributed by atoms with Crippen LogP contribution in [-0.4, -0.2) is 15.9 Å². The summed E-state index contributed by atoms with van der Waals surface area (Å²) in [4.78, 5) is 21.9. The molecule has 1 saturated carbocycles. The number of ether oxygens (including phenoxy) is 1. The van der Waals surface area contributed by atoms with Crippen molar-refractivity contribution in [2.45, 2.75) is 117 Å². The second kappa shape index (κ2) is 15.5. The molecule has 3 rings (SSSR count). The van der Waals surface area contributed by atoms with Gasteiger partial charge in [-0.15, -0.1) is 0 Å². The van der Waals surface area contributed by atoms with Crippen molar-refractivity contribution in [2.75, 3.05) is 0 Å². The molecule has 5 heteroatoms. The molecule has 1 aliphatic rings. The highest BCUT2D eigenvalue weighted by atomic mass is 16.5. The number of nitriles is 1. The molecule has 5 nitrogen and oxygen atoms in total. The molecule has 0 aliphatic heterocycles. The van der Waals surface area contributed by atoms with E-state index in [4.69, 9.17) is 4.74 Å². The van der Waals surface area contributed by atoms with Crippen LogP contribution in [0, 0.1) is 22.7 Å². The van der Waals surface area contributed by atoms with Crippen molar-refractivity contribution in [1.29, 1.82) is 5.26 Å². The van der Waals surface area contributed by atoms with Crippen LogP contribution in [-0.2, 0) is 11.2 Å². The minimum Gasteiger partial charge on any atom is -0.426 e. The number of hydrogen-bond acceptors (Lipinski definition) is 5. The van der Waals surface area contributed by atoms with Crippen molar-refractivity contribution in [3.8, 4) is 23.2 Å². The second-order valence-electron chi connectivity index (χ2n) is 10.9. The molecule has 2 aromatic rings. The van der Waals surface area contributed by atoms with Crippen molar-refractivity contribution >= 4 is 5.97 Å². The Balaban J connectivity index is 1.44. The van der Waals surface area contributed by atoms with E-state index in [2.05, 4.69) is 29.9 Å². The third-order valence-corrected chi connectivity index (χ3v) is 7.88. The van der Waals surface area contributed by atoms with Crippen LogP contribution < -0.4 is 4.74 Å². The summed E-state index contributed by atoms with van der Waals surface area (Å²) in [5.41, 5.74) is 1.83. The van der Waals surface area contributed by atoms with E-state index in [0.717, 1.165) is 50.5 Å². The highest BCUT2D eigenvalue weighted by molar-refractivity contribution is 5.75. The molecule has 0 unspecified atom stereocenters. The molecular formula is C32H45N3O2. The van der Waals surface area contributed by atoms with E-state index in [1.54, 1.807) is 0 Å². The number of nitrogens with zero attached hydrogens (tertiary/aromatic N) is 3. The number of aryl methyl sites for hydroxylation is 1. The average molecular weight is 504 g/mol. The van der Waals surface area contributed by atoms with E-state index in [1.165, 1.54) is 63.4 Å². The van der Waals surface area contributed by atoms with E-state index in [-0.39, 0.29) is 17.3 Å². The van der Waals surface area contributed by atoms with Crippen LogP contribution in [0.2, 0.25) is 0 Å². The molecule has 1 heterocycles. The van der Waals surface area contributed by atoms with Crippen molar-refractivity contribution in [3.63, 3.8) is 0 Å². The maximum Gasteiger partial charge on any atom is 0.314 e. The van der Waals surface area contributed by atoms with Crippen molar-refractivity contribution in [1.82, 2.24) is 9.97 Å². The number of esters is 1. The Morgan fingerprint density at radius 3 is 2.11 bits per heavy atom. The van der Waals surface area contributed by atoms with Crippen LogP contribution in [0.25, 0.3) is 11.4 Å². The number of unbranched alkanes of at least 4 members (excludes halogenated alkanes) is 8. The number of carbonyl (C=O) groups is 1. The van der Waals surface area contributed by atoms with E-state index in [9.17, 15) is 10.1 Å². The fourth-order valence-electron chi connectivity index (χ4n) is 5.33. The lowest BCUT2D eigenvalue weighted by Gasteiger charge is -2.34. The van der Waals surface area contributed by atoms with E-state index >= 15 is 0 Å². The van der Waals surface area contributed by atoms with Gasteiger partial charge in [-0.2, -0.15) is 5.26 Å². The van der Waals surface area contributed by atoms with Crippen molar-refractivity contribution < 1.29 is 9.53 Å². The molecule has 0 radical (unpaired) electrons. The molecule has 1 fully saturated rings. The number of carbonyl (C=O) groups excluding carboxylic acids is 1. The van der Waals surface area contributed by atoms with Gasteiger partial charge < -0.3 is 4.74 Å². The quantitative estimate of drug-likeness (QED) is 0.138. The minimum absolute atomic E-state index is 0.126. The first-order valence-corrected chi connectivity index (χ1v) is 14.6. The van der Waals surface area contributed by atoms with Crippen molar-refractivity contribution in [3.05, 3.63) is 42.2 Å². The highest BCUT2D eigenvalue weighted by Gasteiger charge is 2.37. The molecular weight excluding hydrogens is 458 g/mol. The minimum atomic E-state index is -0.255. The first-order valence-electron chi connectivity index (χ1n) is 14.6. The third kappa shape index (κ3) is 9.26. The molecule has 0 amide bonds. The summed E-state index contributed by atoms with van der Waals surface area (Å²) in [6, 6.07) is 10.0. The van der Waals surface area contributed by atoms with Crippen LogP contribution in [0.5, 0.6) is 5.75 Å². The first-order chi connectivity index (χ1) is 18.1. The van der Waals surface area contributed by atoms with Crippen LogP contribution in [0.1, 0.15) is 116 Å². The summed E-state index contributed by atoms with van der Waals surface area (Å²) < 4.78 is 5.70. The Labute approximate surface area is 224 Å². The van der Waals surface area contributed by atoms with Gasteiger partial charge in [0.15, 0.2) is 5.82 Å². The normalized spacial score (nSPS) is 19.3. The Morgan fingerprint density at radius 1 is 0.919 bits per heavy atom. The van der Waals surface area contributed by atoms with Crippen LogP contribution in [0.15, 0.2) is 36.7 Å². The molecule has 0 atom stereocenters. The van der Waals surface area contributed by atoms with Gasteiger partial charge in [-0.25, -0.2) is 9.97 Å². The smallest absolute Gasteiger partial charge is 0.314 e. The van der Waals surface area contributed by atoms with Gasteiger partial charge in [-0.1, -0.05) is 71.6 Å². The maximum atomic E-state index is 12.8. The van der Waals surface area contributed by atoms with Crippen LogP contribution in [0.3, 0.4) is 0 Å². The standard InChI is InChI=1S/C32H45N3O2/c1-3-5-7-9-11-13-26-23-34-30(35-24-26)27-14-16-29(17-15-27)37-31(36)28-18-21-32(25-33,22-19-28)20-12-10-8-6-4-2/h14-17,23-24,28H,3-13,18-22H2,1-2H3/t28-,32-. The van der Waals surface area contributed by atoms with Gasteiger partial charge in [-0.3, -0.25) is 4.79 Å². The first kappa shape index (κ1) is 28.8. The van der Waals surface area contributed by atoms with Gasteiger partial charge in [0.1, 0.15) is 5.75 Å². The molecule has 1 aliphatic carbocycles. The summed E-state index contributed by atoms with van der Waals surface area (Å²) in [6.07, 6.45) is 21.3. The Morgan fingerprint density at radius 2 is 1.51 bits per heavy atom. The van der Waals surface area contributed by atoms with Gasteiger partial charge in [0, 0.05) is 18.0 Å². The van der Waals surface area contributed by atoms with Gasteiger partial charge >= 0.3 is 5.97 Å². The Bertz CT molecular complexity index is 971. The predicted molar refractivity (Wildman–Crippen MR) is 149 cm³/mol. The summed E-state index contributed by atoms with van der Waals surface area (Å²) >= 11 is 0. The van der Waals surface area contributed by atoms with E-state index < -0.39 is 0 Å². The third-order valence-electron chi connectivity index (χ3n) is 7.88. The summed E-state index contributed by atoms with van der Waals surface area (Å²) in [5.74, 6) is 0.925. The van der Waals surface area contributed by atoms with Gasteiger partial charge in [-0.05, 0) is 74.8 Å². The highest BCUT2D eigenvalue weighted by Crippen LogP contribution is 2.42. The van der Waals surface area contributed by atoms with Gasteiger partial charge in [0.2, 0.25) is 0 Å². The SMILES string of the molecule is CCCCCCCc1cnc(-c2ccc(OC(=O)[C@H]3CC[C@@](C#N)(CCCCCCC)CC3)cc2)nc1. The van der Waals surface area contributed by atoms with Gasteiger partial charge in [0.25, 0.3) is 0 Å². The second-order valence-corrected chi connectivity index (χ2v) is 10.9. The molecule has 1 aromatic heterocycles. The molecule has 0 saturated heterocycles. The zero-order valence-corrected chi connectivity index (χ0v) is 23.0. The Hall–Kier alpha value is -2.74. The summed E-state index contributed by atoms with van der Waals surface area (Å²) in [6.45, 7) is 4.45. The lowest BCUT2D eigenvalue weighted by Crippen LogP contribution is -2.31. The van der Waals surface area contributed by atoms with E-state index in [0.29, 0.717) is 11.6 Å². The molecule has 0 N–H and O–H groups in total. The van der Waals surface area contributed by atoms with E-state index in [1.807, 2.05) is 36.7 Å². The van der Waals surface area contributed by atoms with Crippen LogP contribution >= 0.6 is 0 Å². The number of hydrogen-bond donors (Lipinski definition) is 0. The molecule has 0 spiro atoms. The topological polar surface area (TPSA) is 75.9 Å². The molecule has 0 bridgehead atoms.